The van der Waals surface area contributed by atoms with Crippen LogP contribution in [0, 0.1) is 6.92 Å². The zero-order valence-electron chi connectivity index (χ0n) is 22.2. The number of nitrogens with zero attached hydrogens (tertiary/aromatic N) is 3. The Morgan fingerprint density at radius 3 is 2.68 bits per heavy atom. The van der Waals surface area contributed by atoms with Crippen molar-refractivity contribution in [1.29, 1.82) is 0 Å². The van der Waals surface area contributed by atoms with Crippen LogP contribution in [0.2, 0.25) is 0 Å². The minimum atomic E-state index is -0.230. The van der Waals surface area contributed by atoms with Crippen molar-refractivity contribution >= 4 is 28.3 Å². The molecule has 5 rings (SSSR count). The number of fused-ring (bicyclic) bond motifs is 3. The minimum Gasteiger partial charge on any atom is -0.496 e. The maximum atomic E-state index is 12.3. The topological polar surface area (TPSA) is 87.8 Å². The Bertz CT molecular complexity index is 1620. The Balaban J connectivity index is 1.24. The molecule has 0 fully saturated rings. The fraction of sp³-hybridized carbons (Fsp3) is 0.310. The Labute approximate surface area is 226 Å². The molecule has 5 aromatic rings. The third-order valence-corrected chi connectivity index (χ3v) is 7.47. The van der Waals surface area contributed by atoms with Gasteiger partial charge in [-0.05, 0) is 80.2 Å². The summed E-state index contributed by atoms with van der Waals surface area (Å²) in [5.74, 6) is 4.73. The van der Waals surface area contributed by atoms with Gasteiger partial charge in [0.05, 0.1) is 24.9 Å². The van der Waals surface area contributed by atoms with Crippen LogP contribution in [0.5, 0.6) is 5.75 Å². The van der Waals surface area contributed by atoms with E-state index in [-0.39, 0.29) is 5.69 Å². The quantitative estimate of drug-likeness (QED) is 0.236. The van der Waals surface area contributed by atoms with Crippen molar-refractivity contribution in [2.24, 2.45) is 0 Å². The van der Waals surface area contributed by atoms with Gasteiger partial charge in [-0.3, -0.25) is 0 Å². The summed E-state index contributed by atoms with van der Waals surface area (Å²) in [7, 11) is 5.78. The van der Waals surface area contributed by atoms with E-state index in [1.165, 1.54) is 0 Å². The van der Waals surface area contributed by atoms with E-state index in [0.717, 1.165) is 75.0 Å². The highest BCUT2D eigenvalue weighted by atomic mass is 32.2. The molecule has 3 aromatic heterocycles. The van der Waals surface area contributed by atoms with Gasteiger partial charge in [0, 0.05) is 29.8 Å². The second kappa shape index (κ2) is 11.5. The molecular formula is C29H33N5O3S. The number of hydrogen-bond donors (Lipinski definition) is 2. The van der Waals surface area contributed by atoms with E-state index in [4.69, 9.17) is 9.15 Å². The normalized spacial score (nSPS) is 11.7. The molecule has 0 atom stereocenters. The molecule has 0 saturated carbocycles. The number of ether oxygens (including phenoxy) is 1. The van der Waals surface area contributed by atoms with Crippen LogP contribution in [-0.2, 0) is 18.8 Å². The summed E-state index contributed by atoms with van der Waals surface area (Å²) in [6.07, 6.45) is 0. The molecule has 2 aromatic carbocycles. The third-order valence-electron chi connectivity index (χ3n) is 6.49. The zero-order valence-corrected chi connectivity index (χ0v) is 23.0. The van der Waals surface area contributed by atoms with Crippen molar-refractivity contribution in [2.45, 2.75) is 25.8 Å². The van der Waals surface area contributed by atoms with Crippen molar-refractivity contribution in [3.8, 4) is 16.9 Å². The number of H-pyrrole nitrogens is 1. The fourth-order valence-corrected chi connectivity index (χ4v) is 5.46. The first-order valence-corrected chi connectivity index (χ1v) is 13.8. The summed E-state index contributed by atoms with van der Waals surface area (Å²) in [5.41, 5.74) is 5.61. The molecule has 2 N–H and O–H groups in total. The monoisotopic (exact) mass is 531 g/mol. The first-order chi connectivity index (χ1) is 18.4. The lowest BCUT2D eigenvalue weighted by Crippen LogP contribution is -2.17. The van der Waals surface area contributed by atoms with E-state index in [1.807, 2.05) is 51.0 Å². The summed E-state index contributed by atoms with van der Waals surface area (Å²) in [5, 5.41) is 11.2. The second-order valence-corrected chi connectivity index (χ2v) is 10.7. The van der Waals surface area contributed by atoms with E-state index in [2.05, 4.69) is 56.8 Å². The van der Waals surface area contributed by atoms with Crippen LogP contribution in [0.1, 0.15) is 22.6 Å². The summed E-state index contributed by atoms with van der Waals surface area (Å²) < 4.78 is 13.1. The standard InChI is InChI=1S/C29H33N5O3S/c1-19-13-28-31-32-29(35)34(28)26-9-5-21(15-25(19)26)20-6-10-27(36-4)22(14-20)16-30-11-12-38-18-24-8-7-23(37-24)17-33(2)3/h5-10,13-15,30H,11-12,16-18H2,1-4H3,(H,32,35). The maximum absolute atomic E-state index is 12.3. The molecule has 0 saturated heterocycles. The molecule has 38 heavy (non-hydrogen) atoms. The fourth-order valence-electron chi connectivity index (χ4n) is 4.67. The van der Waals surface area contributed by atoms with E-state index in [0.29, 0.717) is 12.2 Å². The number of aryl methyl sites for hydroxylation is 1. The smallest absolute Gasteiger partial charge is 0.348 e. The Morgan fingerprint density at radius 1 is 1.08 bits per heavy atom. The molecule has 0 aliphatic carbocycles. The van der Waals surface area contributed by atoms with Gasteiger partial charge in [-0.25, -0.2) is 14.3 Å². The molecular weight excluding hydrogens is 498 g/mol. The van der Waals surface area contributed by atoms with Gasteiger partial charge >= 0.3 is 5.69 Å². The van der Waals surface area contributed by atoms with Gasteiger partial charge in [0.2, 0.25) is 0 Å². The highest BCUT2D eigenvalue weighted by molar-refractivity contribution is 7.98. The lowest BCUT2D eigenvalue weighted by atomic mass is 9.99. The Hall–Kier alpha value is -3.53. The van der Waals surface area contributed by atoms with Gasteiger partial charge in [0.1, 0.15) is 17.3 Å². The summed E-state index contributed by atoms with van der Waals surface area (Å²) in [6, 6.07) is 18.5. The number of thioether (sulfide) groups is 1. The first kappa shape index (κ1) is 26.1. The number of nitrogens with one attached hydrogen (secondary N) is 2. The third kappa shape index (κ3) is 5.65. The van der Waals surface area contributed by atoms with E-state index in [1.54, 1.807) is 11.5 Å². The van der Waals surface area contributed by atoms with E-state index >= 15 is 0 Å². The maximum Gasteiger partial charge on any atom is 0.348 e. The minimum absolute atomic E-state index is 0.230. The van der Waals surface area contributed by atoms with Crippen molar-refractivity contribution in [2.75, 3.05) is 33.5 Å². The first-order valence-electron chi connectivity index (χ1n) is 12.6. The molecule has 0 aliphatic rings. The van der Waals surface area contributed by atoms with Gasteiger partial charge < -0.3 is 19.4 Å². The zero-order chi connectivity index (χ0) is 26.6. The number of hydrogen-bond acceptors (Lipinski definition) is 7. The van der Waals surface area contributed by atoms with E-state index in [9.17, 15) is 4.79 Å². The molecule has 0 radical (unpaired) electrons. The van der Waals surface area contributed by atoms with Crippen LogP contribution in [-0.4, -0.2) is 53.0 Å². The van der Waals surface area contributed by atoms with E-state index < -0.39 is 0 Å². The highest BCUT2D eigenvalue weighted by Gasteiger charge is 2.11. The van der Waals surface area contributed by atoms with Gasteiger partial charge in [-0.1, -0.05) is 12.1 Å². The Kier molecular flexibility index (Phi) is 7.87. The van der Waals surface area contributed by atoms with Crippen molar-refractivity contribution in [1.82, 2.24) is 24.8 Å². The molecule has 0 bridgehead atoms. The molecule has 198 valence electrons. The molecule has 0 amide bonds. The van der Waals surface area contributed by atoms with Crippen LogP contribution in [0.25, 0.3) is 27.7 Å². The number of aromatic amines is 1. The number of pyridine rings is 1. The molecule has 0 aliphatic heterocycles. The summed E-state index contributed by atoms with van der Waals surface area (Å²) in [6.45, 7) is 4.46. The van der Waals surface area contributed by atoms with Crippen LogP contribution >= 0.6 is 11.8 Å². The molecule has 8 nitrogen and oxygen atoms in total. The van der Waals surface area contributed by atoms with Gasteiger partial charge in [0.25, 0.3) is 0 Å². The van der Waals surface area contributed by atoms with Gasteiger partial charge in [-0.2, -0.15) is 16.9 Å². The number of benzene rings is 2. The van der Waals surface area contributed by atoms with Crippen molar-refractivity contribution < 1.29 is 9.15 Å². The predicted octanol–water partition coefficient (Wildman–Crippen LogP) is 4.84. The van der Waals surface area contributed by atoms with Crippen molar-refractivity contribution in [3.05, 3.63) is 87.7 Å². The number of rotatable bonds is 11. The average Bonchev–Trinajstić information content (AvgIpc) is 3.51. The molecule has 9 heteroatoms. The number of aromatic nitrogens is 3. The molecule has 0 spiro atoms. The average molecular weight is 532 g/mol. The second-order valence-electron chi connectivity index (χ2n) is 9.64. The van der Waals surface area contributed by atoms with Gasteiger partial charge in [-0.15, -0.1) is 0 Å². The highest BCUT2D eigenvalue weighted by Crippen LogP contribution is 2.30. The summed E-state index contributed by atoms with van der Waals surface area (Å²) in [4.78, 5) is 14.4. The SMILES string of the molecule is COc1ccc(-c2ccc3c(c2)c(C)cc2n[nH]c(=O)n23)cc1CNCCSCc1ccc(CN(C)C)o1. The van der Waals surface area contributed by atoms with Crippen LogP contribution in [0.15, 0.2) is 63.8 Å². The largest absolute Gasteiger partial charge is 0.496 e. The summed E-state index contributed by atoms with van der Waals surface area (Å²) >= 11 is 1.86. The molecule has 3 heterocycles. The van der Waals surface area contributed by atoms with Crippen LogP contribution < -0.4 is 15.7 Å². The predicted molar refractivity (Wildman–Crippen MR) is 154 cm³/mol. The number of furan rings is 1. The Morgan fingerprint density at radius 2 is 1.87 bits per heavy atom. The lowest BCUT2D eigenvalue weighted by molar-refractivity contribution is 0.344. The lowest BCUT2D eigenvalue weighted by Gasteiger charge is -2.13. The van der Waals surface area contributed by atoms with Crippen molar-refractivity contribution in [3.63, 3.8) is 0 Å². The van der Waals surface area contributed by atoms with Crippen LogP contribution in [0.4, 0.5) is 0 Å². The van der Waals surface area contributed by atoms with Crippen LogP contribution in [0.3, 0.4) is 0 Å². The van der Waals surface area contributed by atoms with Gasteiger partial charge in [0.15, 0.2) is 5.65 Å². The molecule has 0 unspecified atom stereocenters. The number of methoxy groups -OCH3 is 1.